The van der Waals surface area contributed by atoms with Crippen molar-refractivity contribution in [3.05, 3.63) is 53.7 Å². The van der Waals surface area contributed by atoms with Crippen LogP contribution in [0.5, 0.6) is 0 Å². The number of fused-ring (bicyclic) bond motifs is 1. The number of rotatable bonds is 7. The number of hydrogen-bond donors (Lipinski definition) is 3. The van der Waals surface area contributed by atoms with Gasteiger partial charge < -0.3 is 24.3 Å². The molecule has 11 nitrogen and oxygen atoms in total. The summed E-state index contributed by atoms with van der Waals surface area (Å²) in [6.45, 7) is 7.60. The number of hydrogen-bond acceptors (Lipinski definition) is 8. The molecule has 2 aliphatic rings. The van der Waals surface area contributed by atoms with Gasteiger partial charge in [-0.25, -0.2) is 8.42 Å². The lowest BCUT2D eigenvalue weighted by molar-refractivity contribution is -0.129. The molecule has 0 fully saturated rings. The van der Waals surface area contributed by atoms with Crippen LogP contribution in [0, 0.1) is 5.41 Å². The van der Waals surface area contributed by atoms with Gasteiger partial charge in [0.05, 0.1) is 42.4 Å². The van der Waals surface area contributed by atoms with E-state index >= 15 is 0 Å². The molecule has 3 heterocycles. The minimum atomic E-state index is -3.93. The maximum Gasteiger partial charge on any atom is 0.348 e. The highest BCUT2D eigenvalue weighted by atomic mass is 32.2. The topological polar surface area (TPSA) is 151 Å². The number of benzene rings is 1. The monoisotopic (exact) mass is 536 g/mol. The van der Waals surface area contributed by atoms with Gasteiger partial charge in [0.15, 0.2) is 5.84 Å². The lowest BCUT2D eigenvalue weighted by Gasteiger charge is -2.35. The molecule has 2 aromatic rings. The molecule has 0 saturated carbocycles. The van der Waals surface area contributed by atoms with Gasteiger partial charge in [0, 0.05) is 17.8 Å². The van der Waals surface area contributed by atoms with E-state index in [1.54, 1.807) is 13.0 Å². The predicted octanol–water partition coefficient (Wildman–Crippen LogP) is 3.60. The highest BCUT2D eigenvalue weighted by Crippen LogP contribution is 2.53. The number of amidine groups is 1. The molecule has 1 unspecified atom stereocenters. The molecule has 1 aromatic carbocycles. The maximum absolute atomic E-state index is 13.9. The van der Waals surface area contributed by atoms with Crippen molar-refractivity contribution in [2.24, 2.45) is 10.2 Å². The molecule has 1 amide bonds. The summed E-state index contributed by atoms with van der Waals surface area (Å²) in [4.78, 5) is 15.2. The quantitative estimate of drug-likeness (QED) is 0.454. The Morgan fingerprint density at radius 3 is 2.61 bits per heavy atom. The van der Waals surface area contributed by atoms with Crippen molar-refractivity contribution in [2.45, 2.75) is 40.3 Å². The Labute approximate surface area is 209 Å². The van der Waals surface area contributed by atoms with Gasteiger partial charge in [-0.3, -0.25) is 14.1 Å². The number of furan rings is 1. The van der Waals surface area contributed by atoms with E-state index in [1.165, 1.54) is 35.6 Å². The summed E-state index contributed by atoms with van der Waals surface area (Å²) < 4.78 is 54.6. The molecular weight excluding hydrogens is 507 g/mol. The predicted molar refractivity (Wildman–Crippen MR) is 137 cm³/mol. The zero-order valence-corrected chi connectivity index (χ0v) is 22.3. The van der Waals surface area contributed by atoms with Gasteiger partial charge in [-0.05, 0) is 36.6 Å². The van der Waals surface area contributed by atoms with Crippen molar-refractivity contribution >= 4 is 46.0 Å². The first-order valence-electron chi connectivity index (χ1n) is 11.2. The molecule has 3 N–H and O–H groups in total. The minimum Gasteiger partial charge on any atom is -0.509 e. The van der Waals surface area contributed by atoms with E-state index in [9.17, 15) is 22.9 Å². The van der Waals surface area contributed by atoms with E-state index in [-0.39, 0.29) is 41.3 Å². The summed E-state index contributed by atoms with van der Waals surface area (Å²) in [6.07, 6.45) is 4.04. The Morgan fingerprint density at radius 2 is 2.03 bits per heavy atom. The van der Waals surface area contributed by atoms with E-state index in [1.807, 2.05) is 20.8 Å². The second-order valence-electron chi connectivity index (χ2n) is 9.71. The molecule has 0 saturated heterocycles. The van der Waals surface area contributed by atoms with E-state index in [0.717, 1.165) is 11.8 Å². The Hall–Kier alpha value is -3.08. The van der Waals surface area contributed by atoms with Gasteiger partial charge in [0.25, 0.3) is 5.91 Å². The standard InChI is InChI=1S/C23H29N4O7PS/c1-6-34-35(30)17-11-15(26-36(5,31)32)7-8-16(17)24-21(25-35)18-19(28)20(23(2,3)4)27(22(18)29)12-14-9-10-33-13-14/h7-11,13,20,26,28H,6,12H2,1-5H3,(H,24,25,30)/t20-,35?/m1/s1. The van der Waals surface area contributed by atoms with Gasteiger partial charge >= 0.3 is 7.52 Å². The summed E-state index contributed by atoms with van der Waals surface area (Å²) >= 11 is 0. The molecule has 194 valence electrons. The molecule has 0 radical (unpaired) electrons. The summed E-state index contributed by atoms with van der Waals surface area (Å²) in [5, 5.41) is 14.4. The molecule has 36 heavy (non-hydrogen) atoms. The second kappa shape index (κ2) is 9.10. The fourth-order valence-electron chi connectivity index (χ4n) is 4.37. The van der Waals surface area contributed by atoms with Crippen molar-refractivity contribution in [1.82, 2.24) is 4.90 Å². The third-order valence-electron chi connectivity index (χ3n) is 5.69. The fraction of sp³-hybridized carbons (Fsp3) is 0.391. The van der Waals surface area contributed by atoms with Crippen LogP contribution in [0.3, 0.4) is 0 Å². The lowest BCUT2D eigenvalue weighted by atomic mass is 9.85. The van der Waals surface area contributed by atoms with Crippen molar-refractivity contribution in [1.29, 1.82) is 0 Å². The van der Waals surface area contributed by atoms with Crippen LogP contribution >= 0.6 is 7.52 Å². The Morgan fingerprint density at radius 1 is 1.31 bits per heavy atom. The molecule has 2 aliphatic heterocycles. The zero-order valence-electron chi connectivity index (χ0n) is 20.6. The number of nitrogens with zero attached hydrogens (tertiary/aromatic N) is 2. The van der Waals surface area contributed by atoms with Crippen LogP contribution < -0.4 is 15.3 Å². The third-order valence-corrected chi connectivity index (χ3v) is 8.34. The van der Waals surface area contributed by atoms with Crippen LogP contribution in [-0.4, -0.2) is 49.1 Å². The first kappa shape index (κ1) is 26.0. The minimum absolute atomic E-state index is 0.0490. The number of sulfonamides is 1. The van der Waals surface area contributed by atoms with Crippen molar-refractivity contribution < 1.29 is 31.8 Å². The van der Waals surface area contributed by atoms with Gasteiger partial charge in [-0.2, -0.15) is 4.76 Å². The summed E-state index contributed by atoms with van der Waals surface area (Å²) in [6, 6.07) is 5.45. The van der Waals surface area contributed by atoms with E-state index in [0.29, 0.717) is 5.69 Å². The fourth-order valence-corrected chi connectivity index (χ4v) is 6.73. The molecular formula is C23H29N4O7PS. The number of aliphatic hydroxyl groups is 1. The summed E-state index contributed by atoms with van der Waals surface area (Å²) in [7, 11) is -7.51. The highest BCUT2D eigenvalue weighted by molar-refractivity contribution is 7.92. The Kier molecular flexibility index (Phi) is 6.57. The third kappa shape index (κ3) is 4.93. The number of aliphatic hydroxyl groups excluding tert-OH is 1. The van der Waals surface area contributed by atoms with Crippen molar-refractivity contribution in [3.63, 3.8) is 0 Å². The number of carbonyl (C=O) groups excluding carboxylic acids is 1. The van der Waals surface area contributed by atoms with Crippen LogP contribution in [0.25, 0.3) is 0 Å². The van der Waals surface area contributed by atoms with Gasteiger partial charge in [0.2, 0.25) is 10.0 Å². The molecule has 0 bridgehead atoms. The Bertz CT molecular complexity index is 1410. The number of nitrogens with one attached hydrogen (secondary N) is 2. The zero-order chi connectivity index (χ0) is 26.5. The average Bonchev–Trinajstić information content (AvgIpc) is 3.33. The summed E-state index contributed by atoms with van der Waals surface area (Å²) in [5.74, 6) is -0.750. The SMILES string of the molecule is CCOP1(=O)N=C(C2=C(O)[C@H](C(C)(C)C)N(Cc3ccoc3)C2=O)Nc2ccc(NS(C)(=O)=O)cc21. The molecule has 13 heteroatoms. The lowest BCUT2D eigenvalue weighted by Crippen LogP contribution is -2.43. The van der Waals surface area contributed by atoms with Gasteiger partial charge in [-0.15, -0.1) is 0 Å². The van der Waals surface area contributed by atoms with Crippen molar-refractivity contribution in [3.8, 4) is 0 Å². The van der Waals surface area contributed by atoms with Gasteiger partial charge in [0.1, 0.15) is 11.3 Å². The van der Waals surface area contributed by atoms with E-state index in [2.05, 4.69) is 14.8 Å². The number of carbonyl (C=O) groups is 1. The molecule has 4 rings (SSSR count). The maximum atomic E-state index is 13.9. The molecule has 0 aliphatic carbocycles. The Balaban J connectivity index is 1.80. The largest absolute Gasteiger partial charge is 0.509 e. The van der Waals surface area contributed by atoms with Crippen LogP contribution in [0.2, 0.25) is 0 Å². The molecule has 0 spiro atoms. The van der Waals surface area contributed by atoms with Crippen LogP contribution in [0.4, 0.5) is 11.4 Å². The van der Waals surface area contributed by atoms with Crippen molar-refractivity contribution in [2.75, 3.05) is 22.9 Å². The number of anilines is 2. The van der Waals surface area contributed by atoms with Gasteiger partial charge in [-0.1, -0.05) is 20.8 Å². The molecule has 2 atom stereocenters. The first-order chi connectivity index (χ1) is 16.7. The smallest absolute Gasteiger partial charge is 0.348 e. The number of amides is 1. The average molecular weight is 537 g/mol. The van der Waals surface area contributed by atoms with Crippen LogP contribution in [-0.2, 0) is 30.5 Å². The second-order valence-corrected chi connectivity index (χ2v) is 13.4. The van der Waals surface area contributed by atoms with E-state index < -0.39 is 34.9 Å². The van der Waals surface area contributed by atoms with E-state index in [4.69, 9.17) is 8.94 Å². The van der Waals surface area contributed by atoms with Crippen LogP contribution in [0.1, 0.15) is 33.3 Å². The summed E-state index contributed by atoms with van der Waals surface area (Å²) in [5.41, 5.74) is 0.636. The van der Waals surface area contributed by atoms with Crippen LogP contribution in [0.15, 0.2) is 57.3 Å². The first-order valence-corrected chi connectivity index (χ1v) is 14.7. The normalized spacial score (nSPS) is 22.4. The molecule has 1 aromatic heterocycles. The highest BCUT2D eigenvalue weighted by Gasteiger charge is 2.48.